The number of carbonyl (C=O) groups excluding carboxylic acids is 2. The molecule has 1 atom stereocenters. The van der Waals surface area contributed by atoms with E-state index in [0.717, 1.165) is 84.2 Å². The van der Waals surface area contributed by atoms with Gasteiger partial charge < -0.3 is 24.7 Å². The number of anilines is 1. The number of aliphatic hydroxyl groups excluding tert-OH is 1. The van der Waals surface area contributed by atoms with Gasteiger partial charge in [-0.25, -0.2) is 4.79 Å². The predicted octanol–water partition coefficient (Wildman–Crippen LogP) is 2.86. The molecule has 3 aliphatic heterocycles. The van der Waals surface area contributed by atoms with E-state index in [9.17, 15) is 14.7 Å². The number of urea groups is 1. The van der Waals surface area contributed by atoms with Gasteiger partial charge in [-0.2, -0.15) is 0 Å². The Balaban J connectivity index is 1.19. The molecule has 0 radical (unpaired) electrons. The lowest BCUT2D eigenvalue weighted by Gasteiger charge is -2.43. The van der Waals surface area contributed by atoms with Crippen LogP contribution in [0.15, 0.2) is 24.3 Å². The number of benzene rings is 1. The standard InChI is InChI=1S/C26H38N4O3/c1-20-5-2-3-6-23(20)27-15-17-28(18-16-27)25(33)29-13-4-11-26(19-29)12-14-30(24(26)32)21-7-9-22(31)10-8-21/h2-3,5-6,21-22,31H,4,7-19H2,1H3/t21-,22-,26-/m1/s1. The monoisotopic (exact) mass is 454 g/mol. The summed E-state index contributed by atoms with van der Waals surface area (Å²) in [6, 6.07) is 8.80. The molecule has 3 amide bonds. The van der Waals surface area contributed by atoms with Crippen molar-refractivity contribution in [1.29, 1.82) is 0 Å². The molecule has 1 spiro atoms. The van der Waals surface area contributed by atoms with E-state index in [0.29, 0.717) is 6.54 Å². The first-order valence-electron chi connectivity index (χ1n) is 12.8. The van der Waals surface area contributed by atoms with Crippen LogP contribution in [0.25, 0.3) is 0 Å². The van der Waals surface area contributed by atoms with Crippen LogP contribution in [0.1, 0.15) is 50.5 Å². The first-order chi connectivity index (χ1) is 16.0. The average Bonchev–Trinajstić information content (AvgIpc) is 3.14. The van der Waals surface area contributed by atoms with Crippen molar-refractivity contribution in [2.75, 3.05) is 50.7 Å². The molecule has 7 heteroatoms. The molecule has 1 N–H and O–H groups in total. The fourth-order valence-corrected chi connectivity index (χ4v) is 6.50. The molecule has 0 unspecified atom stereocenters. The van der Waals surface area contributed by atoms with Crippen LogP contribution >= 0.6 is 0 Å². The van der Waals surface area contributed by atoms with Crippen LogP contribution in [0.2, 0.25) is 0 Å². The maximum Gasteiger partial charge on any atom is 0.320 e. The normalized spacial score (nSPS) is 30.9. The highest BCUT2D eigenvalue weighted by Gasteiger charge is 2.51. The van der Waals surface area contributed by atoms with Gasteiger partial charge in [0.05, 0.1) is 11.5 Å². The van der Waals surface area contributed by atoms with Crippen molar-refractivity contribution in [3.63, 3.8) is 0 Å². The molecule has 4 fully saturated rings. The Morgan fingerprint density at radius 2 is 1.67 bits per heavy atom. The van der Waals surface area contributed by atoms with E-state index in [1.54, 1.807) is 0 Å². The number of piperidine rings is 1. The highest BCUT2D eigenvalue weighted by Crippen LogP contribution is 2.42. The Bertz CT molecular complexity index is 876. The Labute approximate surface area is 197 Å². The third-order valence-corrected chi connectivity index (χ3v) is 8.51. The molecule has 3 heterocycles. The molecule has 1 saturated carbocycles. The summed E-state index contributed by atoms with van der Waals surface area (Å²) in [5, 5.41) is 9.84. The molecule has 5 rings (SSSR count). The van der Waals surface area contributed by atoms with Crippen molar-refractivity contribution in [3.05, 3.63) is 29.8 Å². The Morgan fingerprint density at radius 3 is 2.39 bits per heavy atom. The number of amides is 3. The Kier molecular flexibility index (Phi) is 6.25. The number of hydrogen-bond donors (Lipinski definition) is 1. The van der Waals surface area contributed by atoms with Gasteiger partial charge in [0, 0.05) is 57.5 Å². The molecular weight excluding hydrogens is 416 g/mol. The summed E-state index contributed by atoms with van der Waals surface area (Å²) in [6.07, 6.45) is 5.83. The van der Waals surface area contributed by atoms with Crippen molar-refractivity contribution in [1.82, 2.24) is 14.7 Å². The smallest absolute Gasteiger partial charge is 0.320 e. The zero-order valence-electron chi connectivity index (χ0n) is 19.9. The minimum absolute atomic E-state index is 0.102. The zero-order chi connectivity index (χ0) is 23.0. The number of rotatable bonds is 2. The Hall–Kier alpha value is -2.28. The minimum Gasteiger partial charge on any atom is -0.393 e. The molecule has 1 aromatic carbocycles. The molecule has 1 aliphatic carbocycles. The van der Waals surface area contributed by atoms with Gasteiger partial charge in [0.1, 0.15) is 0 Å². The molecule has 0 aromatic heterocycles. The third-order valence-electron chi connectivity index (χ3n) is 8.51. The lowest BCUT2D eigenvalue weighted by Crippen LogP contribution is -2.57. The van der Waals surface area contributed by atoms with Gasteiger partial charge in [-0.1, -0.05) is 18.2 Å². The molecule has 7 nitrogen and oxygen atoms in total. The van der Waals surface area contributed by atoms with Crippen LogP contribution in [0, 0.1) is 12.3 Å². The molecule has 1 aromatic rings. The van der Waals surface area contributed by atoms with Gasteiger partial charge in [-0.3, -0.25) is 4.79 Å². The number of aliphatic hydroxyl groups is 1. The highest BCUT2D eigenvalue weighted by molar-refractivity contribution is 5.86. The van der Waals surface area contributed by atoms with Crippen molar-refractivity contribution < 1.29 is 14.7 Å². The van der Waals surface area contributed by atoms with Crippen LogP contribution in [0.3, 0.4) is 0 Å². The fourth-order valence-electron chi connectivity index (χ4n) is 6.50. The maximum absolute atomic E-state index is 13.5. The van der Waals surface area contributed by atoms with Crippen LogP contribution in [-0.4, -0.2) is 89.7 Å². The van der Waals surface area contributed by atoms with E-state index < -0.39 is 5.41 Å². The number of piperazine rings is 1. The van der Waals surface area contributed by atoms with E-state index in [1.165, 1.54) is 11.3 Å². The summed E-state index contributed by atoms with van der Waals surface area (Å²) in [5.41, 5.74) is 2.13. The molecule has 0 bridgehead atoms. The largest absolute Gasteiger partial charge is 0.393 e. The molecule has 3 saturated heterocycles. The number of para-hydroxylation sites is 1. The summed E-state index contributed by atoms with van der Waals surface area (Å²) in [5.74, 6) is 0.255. The number of nitrogens with zero attached hydrogens (tertiary/aromatic N) is 4. The topological polar surface area (TPSA) is 67.3 Å². The Morgan fingerprint density at radius 1 is 0.939 bits per heavy atom. The van der Waals surface area contributed by atoms with Gasteiger partial charge in [0.2, 0.25) is 5.91 Å². The van der Waals surface area contributed by atoms with E-state index in [-0.39, 0.29) is 24.1 Å². The SMILES string of the molecule is Cc1ccccc1N1CCN(C(=O)N2CCC[C@@]3(CCN([C@H]4CC[C@H](O)CC4)C3=O)C2)CC1. The van der Waals surface area contributed by atoms with Gasteiger partial charge in [0.25, 0.3) is 0 Å². The molecule has 4 aliphatic rings. The van der Waals surface area contributed by atoms with Crippen molar-refractivity contribution in [2.45, 2.75) is 64.0 Å². The number of likely N-dealkylation sites (tertiary alicyclic amines) is 2. The van der Waals surface area contributed by atoms with Gasteiger partial charge in [0.15, 0.2) is 0 Å². The lowest BCUT2D eigenvalue weighted by molar-refractivity contribution is -0.141. The van der Waals surface area contributed by atoms with Gasteiger partial charge >= 0.3 is 6.03 Å². The van der Waals surface area contributed by atoms with Crippen LogP contribution in [-0.2, 0) is 4.79 Å². The number of hydrogen-bond acceptors (Lipinski definition) is 4. The van der Waals surface area contributed by atoms with Crippen LogP contribution < -0.4 is 4.90 Å². The average molecular weight is 455 g/mol. The second kappa shape index (κ2) is 9.16. The predicted molar refractivity (Wildman–Crippen MR) is 128 cm³/mol. The van der Waals surface area contributed by atoms with Crippen LogP contribution in [0.4, 0.5) is 10.5 Å². The summed E-state index contributed by atoms with van der Waals surface area (Å²) in [7, 11) is 0. The third kappa shape index (κ3) is 4.32. The second-order valence-corrected chi connectivity index (χ2v) is 10.6. The lowest BCUT2D eigenvalue weighted by atomic mass is 9.78. The van der Waals surface area contributed by atoms with Crippen molar-refractivity contribution in [3.8, 4) is 0 Å². The summed E-state index contributed by atoms with van der Waals surface area (Å²) in [4.78, 5) is 35.3. The van der Waals surface area contributed by atoms with Crippen LogP contribution in [0.5, 0.6) is 0 Å². The first-order valence-corrected chi connectivity index (χ1v) is 12.8. The van der Waals surface area contributed by atoms with Crippen molar-refractivity contribution in [2.24, 2.45) is 5.41 Å². The fraction of sp³-hybridized carbons (Fsp3) is 0.692. The number of aryl methyl sites for hydroxylation is 1. The zero-order valence-corrected chi connectivity index (χ0v) is 19.9. The summed E-state index contributed by atoms with van der Waals surface area (Å²) < 4.78 is 0. The molecule has 33 heavy (non-hydrogen) atoms. The maximum atomic E-state index is 13.5. The quantitative estimate of drug-likeness (QED) is 0.746. The highest BCUT2D eigenvalue weighted by atomic mass is 16.3. The van der Waals surface area contributed by atoms with Crippen molar-refractivity contribution >= 4 is 17.6 Å². The summed E-state index contributed by atoms with van der Waals surface area (Å²) >= 11 is 0. The van der Waals surface area contributed by atoms with E-state index in [4.69, 9.17) is 0 Å². The minimum atomic E-state index is -0.396. The molecular formula is C26H38N4O3. The van der Waals surface area contributed by atoms with E-state index >= 15 is 0 Å². The first kappa shape index (κ1) is 22.5. The second-order valence-electron chi connectivity index (χ2n) is 10.6. The number of carbonyl (C=O) groups is 2. The van der Waals surface area contributed by atoms with E-state index in [1.807, 2.05) is 9.80 Å². The molecule has 180 valence electrons. The van der Waals surface area contributed by atoms with Gasteiger partial charge in [-0.05, 0) is 63.5 Å². The van der Waals surface area contributed by atoms with Gasteiger partial charge in [-0.15, -0.1) is 0 Å². The summed E-state index contributed by atoms with van der Waals surface area (Å²) in [6.45, 7) is 7.39. The van der Waals surface area contributed by atoms with E-state index in [2.05, 4.69) is 41.0 Å².